The van der Waals surface area contributed by atoms with Crippen LogP contribution in [0.2, 0.25) is 5.02 Å². The molecule has 8 nitrogen and oxygen atoms in total. The first-order valence-corrected chi connectivity index (χ1v) is 12.1. The van der Waals surface area contributed by atoms with E-state index < -0.39 is 17.8 Å². The van der Waals surface area contributed by atoms with Crippen LogP contribution in [0.3, 0.4) is 0 Å². The zero-order valence-corrected chi connectivity index (χ0v) is 21.6. The van der Waals surface area contributed by atoms with E-state index in [2.05, 4.69) is 31.8 Å². The third-order valence-electron chi connectivity index (χ3n) is 4.65. The quantitative estimate of drug-likeness (QED) is 0.154. The summed E-state index contributed by atoms with van der Waals surface area (Å²) in [6.45, 7) is 2.33. The number of benzene rings is 3. The first-order valence-electron chi connectivity index (χ1n) is 11.0. The van der Waals surface area contributed by atoms with Crippen molar-refractivity contribution in [2.75, 3.05) is 13.2 Å². The topological polar surface area (TPSA) is 106 Å². The van der Waals surface area contributed by atoms with Gasteiger partial charge in [0.1, 0.15) is 11.5 Å². The number of halogens is 2. The Hall–Kier alpha value is -3.69. The van der Waals surface area contributed by atoms with E-state index in [0.29, 0.717) is 34.1 Å². The van der Waals surface area contributed by atoms with Crippen molar-refractivity contribution in [3.63, 3.8) is 0 Å². The summed E-state index contributed by atoms with van der Waals surface area (Å²) in [5.74, 6) is -0.584. The summed E-state index contributed by atoms with van der Waals surface area (Å²) in [6, 6.07) is 17.9. The molecule has 2 N–H and O–H groups in total. The van der Waals surface area contributed by atoms with Gasteiger partial charge in [-0.2, -0.15) is 5.10 Å². The number of hydrazone groups is 1. The van der Waals surface area contributed by atoms with Crippen LogP contribution >= 0.6 is 27.5 Å². The second-order valence-electron chi connectivity index (χ2n) is 7.43. The normalized spacial score (nSPS) is 10.6. The predicted octanol–water partition coefficient (Wildman–Crippen LogP) is 4.99. The fourth-order valence-electron chi connectivity index (χ4n) is 2.86. The number of hydrogen-bond donors (Lipinski definition) is 2. The number of rotatable bonds is 10. The van der Waals surface area contributed by atoms with Crippen LogP contribution in [0.25, 0.3) is 0 Å². The fourth-order valence-corrected chi connectivity index (χ4v) is 3.36. The number of nitrogens with one attached hydrogen (secondary N) is 2. The van der Waals surface area contributed by atoms with Crippen molar-refractivity contribution in [1.29, 1.82) is 0 Å². The fraction of sp³-hybridized carbons (Fsp3) is 0.154. The highest BCUT2D eigenvalue weighted by atomic mass is 79.9. The van der Waals surface area contributed by atoms with Gasteiger partial charge in [-0.25, -0.2) is 10.2 Å². The van der Waals surface area contributed by atoms with E-state index in [4.69, 9.17) is 21.1 Å². The molecule has 3 aromatic rings. The van der Waals surface area contributed by atoms with Crippen molar-refractivity contribution >= 4 is 51.5 Å². The minimum atomic E-state index is -0.569. The SMILES string of the molecule is CCCOc1ccc(C(=O)NCC(=O)N/N=C\c2cc(Br)ccc2OC(=O)c2ccc(Cl)cc2)cc1. The zero-order valence-electron chi connectivity index (χ0n) is 19.3. The number of esters is 1. The standard InChI is InChI=1S/C26H23BrClN3O5/c1-2-13-35-22-10-5-17(6-11-22)25(33)29-16-24(32)31-30-15-19-14-20(27)7-12-23(19)36-26(34)18-3-8-21(28)9-4-18/h3-12,14-15H,2,13,16H2,1H3,(H,29,33)(H,31,32)/b30-15-. The van der Waals surface area contributed by atoms with Gasteiger partial charge in [-0.3, -0.25) is 9.59 Å². The van der Waals surface area contributed by atoms with E-state index in [0.717, 1.165) is 10.9 Å². The first kappa shape index (κ1) is 26.9. The highest BCUT2D eigenvalue weighted by Crippen LogP contribution is 2.23. The molecule has 186 valence electrons. The second kappa shape index (κ2) is 13.4. The van der Waals surface area contributed by atoms with Gasteiger partial charge in [-0.15, -0.1) is 0 Å². The lowest BCUT2D eigenvalue weighted by Crippen LogP contribution is -2.34. The van der Waals surface area contributed by atoms with E-state index in [1.807, 2.05) is 6.92 Å². The van der Waals surface area contributed by atoms with Gasteiger partial charge in [0.05, 0.1) is 24.9 Å². The number of carbonyl (C=O) groups is 3. The Bertz CT molecular complexity index is 1250. The van der Waals surface area contributed by atoms with Crippen LogP contribution in [0.1, 0.15) is 39.6 Å². The van der Waals surface area contributed by atoms with Crippen LogP contribution in [0, 0.1) is 0 Å². The molecular weight excluding hydrogens is 550 g/mol. The van der Waals surface area contributed by atoms with Gasteiger partial charge in [0.2, 0.25) is 0 Å². The molecule has 2 amide bonds. The van der Waals surface area contributed by atoms with Crippen molar-refractivity contribution in [3.05, 3.63) is 92.9 Å². The third kappa shape index (κ3) is 8.21. The largest absolute Gasteiger partial charge is 0.494 e. The predicted molar refractivity (Wildman–Crippen MR) is 141 cm³/mol. The van der Waals surface area contributed by atoms with Gasteiger partial charge >= 0.3 is 5.97 Å². The molecule has 0 heterocycles. The van der Waals surface area contributed by atoms with E-state index in [1.54, 1.807) is 66.7 Å². The Morgan fingerprint density at radius 2 is 1.69 bits per heavy atom. The van der Waals surface area contributed by atoms with Crippen LogP contribution in [-0.2, 0) is 4.79 Å². The minimum absolute atomic E-state index is 0.246. The molecule has 0 saturated carbocycles. The van der Waals surface area contributed by atoms with E-state index in [1.165, 1.54) is 6.21 Å². The average Bonchev–Trinajstić information content (AvgIpc) is 2.88. The van der Waals surface area contributed by atoms with Crippen LogP contribution < -0.4 is 20.2 Å². The van der Waals surface area contributed by atoms with Crippen molar-refractivity contribution in [2.45, 2.75) is 13.3 Å². The molecule has 0 fully saturated rings. The maximum Gasteiger partial charge on any atom is 0.343 e. The molecule has 0 aliphatic heterocycles. The van der Waals surface area contributed by atoms with Crippen molar-refractivity contribution in [3.8, 4) is 11.5 Å². The van der Waals surface area contributed by atoms with Crippen LogP contribution in [0.4, 0.5) is 0 Å². The summed E-state index contributed by atoms with van der Waals surface area (Å²) >= 11 is 9.21. The molecule has 0 aliphatic rings. The summed E-state index contributed by atoms with van der Waals surface area (Å²) in [7, 11) is 0. The van der Waals surface area contributed by atoms with Crippen molar-refractivity contribution < 1.29 is 23.9 Å². The number of nitrogens with zero attached hydrogens (tertiary/aromatic N) is 1. The molecule has 10 heteroatoms. The summed E-state index contributed by atoms with van der Waals surface area (Å²) in [5, 5.41) is 6.94. The molecule has 0 radical (unpaired) electrons. The highest BCUT2D eigenvalue weighted by Gasteiger charge is 2.12. The molecule has 36 heavy (non-hydrogen) atoms. The molecule has 0 aliphatic carbocycles. The monoisotopic (exact) mass is 571 g/mol. The maximum absolute atomic E-state index is 12.4. The van der Waals surface area contributed by atoms with E-state index >= 15 is 0 Å². The van der Waals surface area contributed by atoms with Crippen molar-refractivity contribution in [1.82, 2.24) is 10.7 Å². The van der Waals surface area contributed by atoms with Crippen LogP contribution in [-0.4, -0.2) is 37.1 Å². The lowest BCUT2D eigenvalue weighted by atomic mass is 10.2. The first-order chi connectivity index (χ1) is 17.4. The lowest BCUT2D eigenvalue weighted by Gasteiger charge is -2.08. The van der Waals surface area contributed by atoms with Crippen LogP contribution in [0.15, 0.2) is 76.3 Å². The Kier molecular flexibility index (Phi) is 10.0. The highest BCUT2D eigenvalue weighted by molar-refractivity contribution is 9.10. The Balaban J connectivity index is 1.54. The zero-order chi connectivity index (χ0) is 25.9. The lowest BCUT2D eigenvalue weighted by molar-refractivity contribution is -0.120. The Morgan fingerprint density at radius 1 is 1.00 bits per heavy atom. The number of ether oxygens (including phenoxy) is 2. The average molecular weight is 573 g/mol. The van der Waals surface area contributed by atoms with Gasteiger partial charge in [-0.05, 0) is 73.2 Å². The molecule has 0 saturated heterocycles. The molecule has 0 spiro atoms. The maximum atomic E-state index is 12.4. The van der Waals surface area contributed by atoms with E-state index in [-0.39, 0.29) is 12.3 Å². The number of carbonyl (C=O) groups excluding carboxylic acids is 3. The minimum Gasteiger partial charge on any atom is -0.494 e. The molecular formula is C26H23BrClN3O5. The summed E-state index contributed by atoms with van der Waals surface area (Å²) in [5.41, 5.74) is 3.51. The molecule has 3 rings (SSSR count). The number of hydrogen-bond acceptors (Lipinski definition) is 6. The summed E-state index contributed by atoms with van der Waals surface area (Å²) in [6.07, 6.45) is 2.22. The van der Waals surface area contributed by atoms with Gasteiger partial charge in [0.15, 0.2) is 0 Å². The molecule has 3 aromatic carbocycles. The molecule has 0 aromatic heterocycles. The van der Waals surface area contributed by atoms with Gasteiger partial charge < -0.3 is 14.8 Å². The van der Waals surface area contributed by atoms with E-state index in [9.17, 15) is 14.4 Å². The molecule has 0 atom stereocenters. The summed E-state index contributed by atoms with van der Waals surface area (Å²) in [4.78, 5) is 36.8. The summed E-state index contributed by atoms with van der Waals surface area (Å²) < 4.78 is 11.7. The van der Waals surface area contributed by atoms with Crippen molar-refractivity contribution in [2.24, 2.45) is 5.10 Å². The van der Waals surface area contributed by atoms with Gasteiger partial charge in [-0.1, -0.05) is 34.5 Å². The Morgan fingerprint density at radius 3 is 2.39 bits per heavy atom. The number of amides is 2. The third-order valence-corrected chi connectivity index (χ3v) is 5.39. The second-order valence-corrected chi connectivity index (χ2v) is 8.78. The van der Waals surface area contributed by atoms with Gasteiger partial charge in [0, 0.05) is 20.6 Å². The van der Waals surface area contributed by atoms with Gasteiger partial charge in [0.25, 0.3) is 11.8 Å². The molecule has 0 bridgehead atoms. The smallest absolute Gasteiger partial charge is 0.343 e. The van der Waals surface area contributed by atoms with Crippen LogP contribution in [0.5, 0.6) is 11.5 Å². The Labute approximate surface area is 221 Å². The molecule has 0 unspecified atom stereocenters.